The lowest BCUT2D eigenvalue weighted by Crippen LogP contribution is -2.46. The summed E-state index contributed by atoms with van der Waals surface area (Å²) in [4.78, 5) is 13.8. The summed E-state index contributed by atoms with van der Waals surface area (Å²) in [5, 5.41) is 3.12. The third-order valence-corrected chi connectivity index (χ3v) is 5.36. The van der Waals surface area contributed by atoms with E-state index in [1.165, 1.54) is 12.1 Å². The molecule has 0 aliphatic carbocycles. The van der Waals surface area contributed by atoms with Crippen molar-refractivity contribution in [3.05, 3.63) is 41.4 Å². The number of fused-ring (bicyclic) bond motifs is 1. The molecule has 0 atom stereocenters. The number of aryl methyl sites for hydroxylation is 1. The quantitative estimate of drug-likeness (QED) is 0.728. The van der Waals surface area contributed by atoms with Gasteiger partial charge in [-0.1, -0.05) is 0 Å². The summed E-state index contributed by atoms with van der Waals surface area (Å²) in [7, 11) is 0. The predicted molar refractivity (Wildman–Crippen MR) is 95.0 cm³/mol. The maximum absolute atomic E-state index is 13.4. The summed E-state index contributed by atoms with van der Waals surface area (Å²) >= 11 is 1.69. The highest BCUT2D eigenvalue weighted by molar-refractivity contribution is 7.13. The van der Waals surface area contributed by atoms with Crippen molar-refractivity contribution in [2.24, 2.45) is 0 Å². The second-order valence-corrected chi connectivity index (χ2v) is 6.86. The van der Waals surface area contributed by atoms with Crippen LogP contribution in [0.2, 0.25) is 0 Å². The van der Waals surface area contributed by atoms with Crippen LogP contribution in [0.3, 0.4) is 0 Å². The van der Waals surface area contributed by atoms with Gasteiger partial charge in [-0.2, -0.15) is 0 Å². The normalized spacial score (nSPS) is 16.2. The van der Waals surface area contributed by atoms with Gasteiger partial charge in [-0.05, 0) is 19.1 Å². The van der Waals surface area contributed by atoms with Gasteiger partial charge in [0.15, 0.2) is 5.13 Å². The summed E-state index contributed by atoms with van der Waals surface area (Å²) < 4.78 is 15.6. The van der Waals surface area contributed by atoms with Crippen molar-refractivity contribution in [2.45, 2.75) is 20.0 Å². The Hall–Kier alpha value is -1.99. The van der Waals surface area contributed by atoms with Gasteiger partial charge in [-0.25, -0.2) is 14.4 Å². The summed E-state index contributed by atoms with van der Waals surface area (Å²) in [6.45, 7) is 7.69. The van der Waals surface area contributed by atoms with E-state index in [1.54, 1.807) is 11.3 Å². The maximum atomic E-state index is 13.4. The molecule has 0 spiro atoms. The summed E-state index contributed by atoms with van der Waals surface area (Å²) in [5.41, 5.74) is 1.75. The van der Waals surface area contributed by atoms with Crippen LogP contribution in [0.5, 0.6) is 0 Å². The van der Waals surface area contributed by atoms with Crippen molar-refractivity contribution in [3.8, 4) is 0 Å². The molecule has 5 nitrogen and oxygen atoms in total. The van der Waals surface area contributed by atoms with Crippen molar-refractivity contribution >= 4 is 27.5 Å². The van der Waals surface area contributed by atoms with Gasteiger partial charge in [0.05, 0.1) is 17.6 Å². The lowest BCUT2D eigenvalue weighted by atomic mass is 10.3. The molecule has 126 valence electrons. The Morgan fingerprint density at radius 3 is 2.75 bits per heavy atom. The van der Waals surface area contributed by atoms with Gasteiger partial charge in [0.25, 0.3) is 0 Å². The number of rotatable bonds is 4. The van der Waals surface area contributed by atoms with Crippen LogP contribution in [-0.2, 0) is 13.1 Å². The highest BCUT2D eigenvalue weighted by Crippen LogP contribution is 2.21. The molecule has 0 radical (unpaired) electrons. The molecule has 4 rings (SSSR count). The molecule has 1 saturated heterocycles. The van der Waals surface area contributed by atoms with Crippen molar-refractivity contribution in [3.63, 3.8) is 0 Å². The van der Waals surface area contributed by atoms with Crippen LogP contribution in [0.15, 0.2) is 29.8 Å². The Morgan fingerprint density at radius 1 is 1.21 bits per heavy atom. The SMILES string of the molecule is CCn1c(CN2CCN(c3nccs3)CC2)nc2cc(F)ccc21. The minimum Gasteiger partial charge on any atom is -0.346 e. The minimum absolute atomic E-state index is 0.230. The first-order chi connectivity index (χ1) is 11.7. The summed E-state index contributed by atoms with van der Waals surface area (Å²) in [6.07, 6.45) is 1.86. The summed E-state index contributed by atoms with van der Waals surface area (Å²) in [6, 6.07) is 4.85. The fourth-order valence-corrected chi connectivity index (χ4v) is 3.99. The summed E-state index contributed by atoms with van der Waals surface area (Å²) in [5.74, 6) is 0.785. The third kappa shape index (κ3) is 2.89. The zero-order chi connectivity index (χ0) is 16.5. The molecule has 1 aliphatic heterocycles. The molecule has 2 aromatic heterocycles. The molecule has 0 bridgehead atoms. The largest absolute Gasteiger partial charge is 0.346 e. The van der Waals surface area contributed by atoms with Gasteiger partial charge in [0.2, 0.25) is 0 Å². The molecule has 0 unspecified atom stereocenters. The number of hydrogen-bond acceptors (Lipinski definition) is 5. The molecule has 24 heavy (non-hydrogen) atoms. The first-order valence-corrected chi connectivity index (χ1v) is 9.14. The Morgan fingerprint density at radius 2 is 2.04 bits per heavy atom. The number of nitrogens with zero attached hydrogens (tertiary/aromatic N) is 5. The first-order valence-electron chi connectivity index (χ1n) is 8.26. The highest BCUT2D eigenvalue weighted by atomic mass is 32.1. The highest BCUT2D eigenvalue weighted by Gasteiger charge is 2.21. The van der Waals surface area contributed by atoms with E-state index in [4.69, 9.17) is 0 Å². The molecule has 1 aromatic carbocycles. The molecule has 7 heteroatoms. The topological polar surface area (TPSA) is 37.2 Å². The van der Waals surface area contributed by atoms with Crippen molar-refractivity contribution in [2.75, 3.05) is 31.1 Å². The third-order valence-electron chi connectivity index (χ3n) is 4.53. The van der Waals surface area contributed by atoms with Crippen LogP contribution < -0.4 is 4.90 Å². The van der Waals surface area contributed by atoms with Crippen LogP contribution in [0.1, 0.15) is 12.7 Å². The van der Waals surface area contributed by atoms with E-state index in [1.807, 2.05) is 17.6 Å². The number of hydrogen-bond donors (Lipinski definition) is 0. The van der Waals surface area contributed by atoms with Crippen LogP contribution in [0.4, 0.5) is 9.52 Å². The van der Waals surface area contributed by atoms with Gasteiger partial charge in [-0.15, -0.1) is 11.3 Å². The Kier molecular flexibility index (Phi) is 4.20. The van der Waals surface area contributed by atoms with E-state index >= 15 is 0 Å². The zero-order valence-electron chi connectivity index (χ0n) is 13.7. The first kappa shape index (κ1) is 15.5. The van der Waals surface area contributed by atoms with Crippen LogP contribution >= 0.6 is 11.3 Å². The van der Waals surface area contributed by atoms with E-state index in [9.17, 15) is 4.39 Å². The molecule has 1 aliphatic rings. The van der Waals surface area contributed by atoms with Crippen molar-refractivity contribution < 1.29 is 4.39 Å². The smallest absolute Gasteiger partial charge is 0.185 e. The lowest BCUT2D eigenvalue weighted by Gasteiger charge is -2.34. The molecule has 3 heterocycles. The van der Waals surface area contributed by atoms with Gasteiger partial charge in [0.1, 0.15) is 11.6 Å². The number of benzene rings is 1. The molecular weight excluding hydrogens is 325 g/mol. The predicted octanol–water partition coefficient (Wildman–Crippen LogP) is 2.97. The van der Waals surface area contributed by atoms with E-state index in [0.29, 0.717) is 0 Å². The fraction of sp³-hybridized carbons (Fsp3) is 0.412. The number of aromatic nitrogens is 3. The van der Waals surface area contributed by atoms with Crippen molar-refractivity contribution in [1.82, 2.24) is 19.4 Å². The van der Waals surface area contributed by atoms with E-state index in [0.717, 1.165) is 61.3 Å². The number of halogens is 1. The van der Waals surface area contributed by atoms with Gasteiger partial charge in [-0.3, -0.25) is 4.90 Å². The van der Waals surface area contributed by atoms with Gasteiger partial charge >= 0.3 is 0 Å². The Labute approximate surface area is 144 Å². The molecular formula is C17H20FN5S. The second kappa shape index (κ2) is 6.49. The van der Waals surface area contributed by atoms with Gasteiger partial charge in [0, 0.05) is 50.4 Å². The van der Waals surface area contributed by atoms with Gasteiger partial charge < -0.3 is 9.47 Å². The van der Waals surface area contributed by atoms with E-state index in [2.05, 4.69) is 31.3 Å². The average Bonchev–Trinajstić information content (AvgIpc) is 3.22. The van der Waals surface area contributed by atoms with Crippen LogP contribution in [0.25, 0.3) is 11.0 Å². The second-order valence-electron chi connectivity index (χ2n) is 5.98. The van der Waals surface area contributed by atoms with Crippen molar-refractivity contribution in [1.29, 1.82) is 0 Å². The lowest BCUT2D eigenvalue weighted by molar-refractivity contribution is 0.241. The van der Waals surface area contributed by atoms with Crippen LogP contribution in [0, 0.1) is 5.82 Å². The number of imidazole rings is 1. The average molecular weight is 345 g/mol. The van der Waals surface area contributed by atoms with Crippen LogP contribution in [-0.4, -0.2) is 45.6 Å². The molecule has 0 amide bonds. The Bertz CT molecular complexity index is 821. The van der Waals surface area contributed by atoms with E-state index < -0.39 is 0 Å². The number of thiazole rings is 1. The fourth-order valence-electron chi connectivity index (χ4n) is 3.30. The standard InChI is InChI=1S/C17H20FN5S/c1-2-23-15-4-3-13(18)11-14(15)20-16(23)12-21-6-8-22(9-7-21)17-19-5-10-24-17/h3-5,10-11H,2,6-9,12H2,1H3. The zero-order valence-corrected chi connectivity index (χ0v) is 14.5. The number of piperazine rings is 1. The molecule has 1 fully saturated rings. The molecule has 0 saturated carbocycles. The minimum atomic E-state index is -0.230. The Balaban J connectivity index is 1.49. The maximum Gasteiger partial charge on any atom is 0.185 e. The number of anilines is 1. The molecule has 3 aromatic rings. The van der Waals surface area contributed by atoms with E-state index in [-0.39, 0.29) is 5.82 Å². The molecule has 0 N–H and O–H groups in total. The monoisotopic (exact) mass is 345 g/mol.